The van der Waals surface area contributed by atoms with Crippen LogP contribution in [0.3, 0.4) is 0 Å². The molecule has 4 nitrogen and oxygen atoms in total. The predicted octanol–water partition coefficient (Wildman–Crippen LogP) is 1.65. The van der Waals surface area contributed by atoms with Gasteiger partial charge in [-0.2, -0.15) is 0 Å². The summed E-state index contributed by atoms with van der Waals surface area (Å²) < 4.78 is 5.14. The molecule has 4 heteroatoms. The van der Waals surface area contributed by atoms with Crippen molar-refractivity contribution in [3.63, 3.8) is 0 Å². The Morgan fingerprint density at radius 1 is 1.40 bits per heavy atom. The van der Waals surface area contributed by atoms with Crippen molar-refractivity contribution in [3.05, 3.63) is 47.9 Å². The van der Waals surface area contributed by atoms with E-state index < -0.39 is 6.10 Å². The zero-order chi connectivity index (χ0) is 10.7. The minimum absolute atomic E-state index is 0.421. The van der Waals surface area contributed by atoms with Crippen molar-refractivity contribution in [1.29, 1.82) is 0 Å². The van der Waals surface area contributed by atoms with Crippen molar-refractivity contribution in [2.75, 3.05) is 0 Å². The third-order valence-electron chi connectivity index (χ3n) is 2.12. The van der Waals surface area contributed by atoms with Gasteiger partial charge >= 0.3 is 0 Å². The lowest BCUT2D eigenvalue weighted by Crippen LogP contribution is -2.04. The second kappa shape index (κ2) is 4.23. The molecular formula is C11H12N2O2. The first-order valence-electron chi connectivity index (χ1n) is 4.74. The summed E-state index contributed by atoms with van der Waals surface area (Å²) in [5.74, 6) is 0.741. The fourth-order valence-electron chi connectivity index (χ4n) is 1.30. The zero-order valence-electron chi connectivity index (χ0n) is 8.42. The average molecular weight is 204 g/mol. The normalized spacial score (nSPS) is 12.7. The molecule has 1 unspecified atom stereocenters. The van der Waals surface area contributed by atoms with Gasteiger partial charge in [0.05, 0.1) is 23.8 Å². The Kier molecular flexibility index (Phi) is 2.78. The van der Waals surface area contributed by atoms with Gasteiger partial charge in [-0.1, -0.05) is 0 Å². The summed E-state index contributed by atoms with van der Waals surface area (Å²) in [5, 5.41) is 9.82. The number of rotatable bonds is 3. The molecule has 78 valence electrons. The Balaban J connectivity index is 2.08. The van der Waals surface area contributed by atoms with Crippen LogP contribution in [0.25, 0.3) is 0 Å². The SMILES string of the molecule is Cc1cnc(C(O)Cc2ccco2)cn1. The third-order valence-corrected chi connectivity index (χ3v) is 2.12. The fraction of sp³-hybridized carbons (Fsp3) is 0.273. The molecule has 1 N–H and O–H groups in total. The number of nitrogens with zero attached hydrogens (tertiary/aromatic N) is 2. The Bertz CT molecular complexity index is 409. The van der Waals surface area contributed by atoms with Gasteiger partial charge in [0.25, 0.3) is 0 Å². The highest BCUT2D eigenvalue weighted by atomic mass is 16.3. The fourth-order valence-corrected chi connectivity index (χ4v) is 1.30. The largest absolute Gasteiger partial charge is 0.469 e. The molecule has 0 aliphatic heterocycles. The first kappa shape index (κ1) is 9.86. The lowest BCUT2D eigenvalue weighted by Gasteiger charge is -2.07. The van der Waals surface area contributed by atoms with Crippen LogP contribution in [-0.2, 0) is 6.42 Å². The number of aliphatic hydroxyl groups is 1. The lowest BCUT2D eigenvalue weighted by atomic mass is 10.1. The number of aromatic nitrogens is 2. The molecule has 0 aliphatic carbocycles. The molecule has 2 heterocycles. The van der Waals surface area contributed by atoms with E-state index in [0.29, 0.717) is 12.1 Å². The summed E-state index contributed by atoms with van der Waals surface area (Å²) in [6.45, 7) is 1.86. The Morgan fingerprint density at radius 2 is 2.27 bits per heavy atom. The molecule has 0 amide bonds. The maximum Gasteiger partial charge on any atom is 0.106 e. The minimum atomic E-state index is -0.663. The van der Waals surface area contributed by atoms with Crippen LogP contribution in [0.4, 0.5) is 0 Å². The summed E-state index contributed by atoms with van der Waals surface area (Å²) in [4.78, 5) is 8.18. The standard InChI is InChI=1S/C11H12N2O2/c1-8-6-13-10(7-12-8)11(14)5-9-3-2-4-15-9/h2-4,6-7,11,14H,5H2,1H3. The van der Waals surface area contributed by atoms with Crippen molar-refractivity contribution in [2.24, 2.45) is 0 Å². The van der Waals surface area contributed by atoms with Gasteiger partial charge in [0.2, 0.25) is 0 Å². The molecule has 15 heavy (non-hydrogen) atoms. The molecule has 0 bridgehead atoms. The van der Waals surface area contributed by atoms with E-state index in [-0.39, 0.29) is 0 Å². The zero-order valence-corrected chi connectivity index (χ0v) is 8.42. The van der Waals surface area contributed by atoms with Crippen LogP contribution in [0.5, 0.6) is 0 Å². The van der Waals surface area contributed by atoms with Crippen LogP contribution in [0.15, 0.2) is 35.2 Å². The van der Waals surface area contributed by atoms with Crippen molar-refractivity contribution in [1.82, 2.24) is 9.97 Å². The highest BCUT2D eigenvalue weighted by Gasteiger charge is 2.11. The third kappa shape index (κ3) is 2.41. The number of hydrogen-bond acceptors (Lipinski definition) is 4. The molecule has 0 fully saturated rings. The molecule has 2 rings (SSSR count). The Morgan fingerprint density at radius 3 is 2.87 bits per heavy atom. The van der Waals surface area contributed by atoms with Gasteiger partial charge in [0.15, 0.2) is 0 Å². The topological polar surface area (TPSA) is 59.2 Å². The first-order valence-corrected chi connectivity index (χ1v) is 4.74. The molecule has 2 aromatic rings. The molecule has 0 radical (unpaired) electrons. The summed E-state index contributed by atoms with van der Waals surface area (Å²) in [6.07, 6.45) is 4.57. The van der Waals surface area contributed by atoms with Crippen LogP contribution >= 0.6 is 0 Å². The van der Waals surface area contributed by atoms with Crippen molar-refractivity contribution >= 4 is 0 Å². The summed E-state index contributed by atoms with van der Waals surface area (Å²) in [6, 6.07) is 3.62. The maximum absolute atomic E-state index is 9.82. The molecule has 0 saturated carbocycles. The predicted molar refractivity (Wildman–Crippen MR) is 54.1 cm³/mol. The first-order chi connectivity index (χ1) is 7.25. The van der Waals surface area contributed by atoms with E-state index in [4.69, 9.17) is 4.42 Å². The summed E-state index contributed by atoms with van der Waals surface area (Å²) in [5.41, 5.74) is 1.40. The molecule has 1 atom stereocenters. The molecule has 0 saturated heterocycles. The van der Waals surface area contributed by atoms with Crippen LogP contribution in [0, 0.1) is 6.92 Å². The van der Waals surface area contributed by atoms with Crippen molar-refractivity contribution in [3.8, 4) is 0 Å². The Hall–Kier alpha value is -1.68. The summed E-state index contributed by atoms with van der Waals surface area (Å²) >= 11 is 0. The minimum Gasteiger partial charge on any atom is -0.469 e. The van der Waals surface area contributed by atoms with E-state index in [1.54, 1.807) is 24.7 Å². The molecule has 0 aromatic carbocycles. The number of aliphatic hydroxyl groups excluding tert-OH is 1. The van der Waals surface area contributed by atoms with E-state index >= 15 is 0 Å². The highest BCUT2D eigenvalue weighted by Crippen LogP contribution is 2.15. The van der Waals surface area contributed by atoms with E-state index in [9.17, 15) is 5.11 Å². The quantitative estimate of drug-likeness (QED) is 0.825. The van der Waals surface area contributed by atoms with Crippen molar-refractivity contribution in [2.45, 2.75) is 19.4 Å². The highest BCUT2D eigenvalue weighted by molar-refractivity contribution is 5.08. The van der Waals surface area contributed by atoms with Crippen LogP contribution in [0.2, 0.25) is 0 Å². The van der Waals surface area contributed by atoms with E-state index in [2.05, 4.69) is 9.97 Å². The second-order valence-corrected chi connectivity index (χ2v) is 3.38. The van der Waals surface area contributed by atoms with Gasteiger partial charge in [-0.15, -0.1) is 0 Å². The molecule has 2 aromatic heterocycles. The molecule has 0 spiro atoms. The second-order valence-electron chi connectivity index (χ2n) is 3.38. The van der Waals surface area contributed by atoms with Crippen molar-refractivity contribution < 1.29 is 9.52 Å². The Labute approximate surface area is 87.6 Å². The van der Waals surface area contributed by atoms with E-state index in [1.165, 1.54) is 0 Å². The lowest BCUT2D eigenvalue weighted by molar-refractivity contribution is 0.165. The maximum atomic E-state index is 9.82. The molecule has 0 aliphatic rings. The smallest absolute Gasteiger partial charge is 0.106 e. The van der Waals surface area contributed by atoms with Gasteiger partial charge in [-0.3, -0.25) is 9.97 Å². The van der Waals surface area contributed by atoms with Gasteiger partial charge in [0, 0.05) is 12.6 Å². The van der Waals surface area contributed by atoms with Gasteiger partial charge < -0.3 is 9.52 Å². The number of furan rings is 1. The van der Waals surface area contributed by atoms with Crippen LogP contribution in [0.1, 0.15) is 23.3 Å². The van der Waals surface area contributed by atoms with Gasteiger partial charge in [0.1, 0.15) is 11.9 Å². The van der Waals surface area contributed by atoms with Crippen LogP contribution < -0.4 is 0 Å². The molecular weight excluding hydrogens is 192 g/mol. The summed E-state index contributed by atoms with van der Waals surface area (Å²) in [7, 11) is 0. The monoisotopic (exact) mass is 204 g/mol. The number of aryl methyl sites for hydroxylation is 1. The van der Waals surface area contributed by atoms with Gasteiger partial charge in [-0.05, 0) is 19.1 Å². The number of hydrogen-bond donors (Lipinski definition) is 1. The van der Waals surface area contributed by atoms with Gasteiger partial charge in [-0.25, -0.2) is 0 Å². The van der Waals surface area contributed by atoms with E-state index in [1.807, 2.05) is 13.0 Å². The average Bonchev–Trinajstić information content (AvgIpc) is 2.71. The van der Waals surface area contributed by atoms with Crippen LogP contribution in [-0.4, -0.2) is 15.1 Å². The van der Waals surface area contributed by atoms with E-state index in [0.717, 1.165) is 11.5 Å².